The van der Waals surface area contributed by atoms with Crippen LogP contribution in [0, 0.1) is 0 Å². The van der Waals surface area contributed by atoms with Gasteiger partial charge in [0.05, 0.1) is 5.69 Å². The highest BCUT2D eigenvalue weighted by Crippen LogP contribution is 2.36. The summed E-state index contributed by atoms with van der Waals surface area (Å²) in [5.41, 5.74) is -0.553. The van der Waals surface area contributed by atoms with E-state index >= 15 is 0 Å². The van der Waals surface area contributed by atoms with E-state index in [-0.39, 0.29) is 13.0 Å². The zero-order valence-corrected chi connectivity index (χ0v) is 19.7. The number of carbonyl (C=O) groups is 4. The Labute approximate surface area is 188 Å². The summed E-state index contributed by atoms with van der Waals surface area (Å²) in [5, 5.41) is 2.56. The molecule has 0 bridgehead atoms. The van der Waals surface area contributed by atoms with Gasteiger partial charge in [0.25, 0.3) is 0 Å². The van der Waals surface area contributed by atoms with Crippen LogP contribution in [0.4, 0.5) is 10.5 Å². The zero-order chi connectivity index (χ0) is 24.3. The Balaban J connectivity index is 2.43. The second-order valence-electron chi connectivity index (χ2n) is 9.60. The lowest BCUT2D eigenvalue weighted by Gasteiger charge is -2.28. The summed E-state index contributed by atoms with van der Waals surface area (Å²) in [5.74, 6) is -1.68. The normalized spacial score (nSPS) is 18.8. The third-order valence-corrected chi connectivity index (χ3v) is 4.29. The van der Waals surface area contributed by atoms with Crippen molar-refractivity contribution in [3.05, 3.63) is 29.8 Å². The van der Waals surface area contributed by atoms with E-state index in [9.17, 15) is 19.2 Å². The Morgan fingerprint density at radius 3 is 2.19 bits per heavy atom. The molecule has 0 spiro atoms. The molecule has 0 aliphatic carbocycles. The summed E-state index contributed by atoms with van der Waals surface area (Å²) in [4.78, 5) is 51.4. The number of carbonyl (C=O) groups excluding carboxylic acids is 4. The van der Waals surface area contributed by atoms with Gasteiger partial charge < -0.3 is 19.5 Å². The number of nitrogens with one attached hydrogen (secondary N) is 1. The number of amides is 2. The van der Waals surface area contributed by atoms with Crippen LogP contribution >= 0.6 is 0 Å². The molecule has 0 aromatic heterocycles. The van der Waals surface area contributed by atoms with Crippen molar-refractivity contribution in [2.75, 3.05) is 11.4 Å². The maximum atomic E-state index is 13.4. The first-order valence-electron chi connectivity index (χ1n) is 10.4. The number of nitrogens with zero attached hydrogens (tertiary/aromatic N) is 1. The molecule has 1 aliphatic heterocycles. The summed E-state index contributed by atoms with van der Waals surface area (Å²) in [6.45, 7) is 11.2. The molecule has 0 saturated heterocycles. The first-order valence-corrected chi connectivity index (χ1v) is 10.4. The molecule has 1 aliphatic rings. The van der Waals surface area contributed by atoms with Gasteiger partial charge in [-0.2, -0.15) is 0 Å². The molecule has 2 amide bonds. The summed E-state index contributed by atoms with van der Waals surface area (Å²) in [6, 6.07) is 5.73. The number of anilines is 1. The fourth-order valence-corrected chi connectivity index (χ4v) is 3.30. The van der Waals surface area contributed by atoms with E-state index in [0.717, 1.165) is 0 Å². The Bertz CT molecular complexity index is 883. The van der Waals surface area contributed by atoms with Crippen LogP contribution in [-0.4, -0.2) is 47.7 Å². The van der Waals surface area contributed by atoms with Crippen LogP contribution in [-0.2, 0) is 28.6 Å². The number of hydrogen-bond acceptors (Lipinski definition) is 7. The van der Waals surface area contributed by atoms with Crippen LogP contribution in [0.2, 0.25) is 0 Å². The minimum atomic E-state index is -1.09. The average Bonchev–Trinajstić information content (AvgIpc) is 2.69. The Morgan fingerprint density at radius 2 is 1.62 bits per heavy atom. The summed E-state index contributed by atoms with van der Waals surface area (Å²) in [6.07, 6.45) is -1.61. The largest absolute Gasteiger partial charge is 0.459 e. The summed E-state index contributed by atoms with van der Waals surface area (Å²) >= 11 is 0. The number of esters is 2. The Kier molecular flexibility index (Phi) is 7.54. The molecule has 1 aromatic carbocycles. The van der Waals surface area contributed by atoms with Crippen molar-refractivity contribution in [3.63, 3.8) is 0 Å². The average molecular weight is 449 g/mol. The Hall–Kier alpha value is -3.10. The summed E-state index contributed by atoms with van der Waals surface area (Å²) in [7, 11) is 0. The molecule has 2 rings (SSSR count). The number of benzene rings is 1. The first-order chi connectivity index (χ1) is 14.7. The highest BCUT2D eigenvalue weighted by atomic mass is 16.6. The molecule has 1 N–H and O–H groups in total. The quantitative estimate of drug-likeness (QED) is 0.556. The summed E-state index contributed by atoms with van der Waals surface area (Å²) < 4.78 is 16.1. The Morgan fingerprint density at radius 1 is 1.03 bits per heavy atom. The molecule has 176 valence electrons. The fourth-order valence-electron chi connectivity index (χ4n) is 3.30. The van der Waals surface area contributed by atoms with E-state index in [4.69, 9.17) is 14.2 Å². The molecular formula is C23H32N2O7. The van der Waals surface area contributed by atoms with E-state index in [1.807, 2.05) is 0 Å². The minimum Gasteiger partial charge on any atom is -0.459 e. The lowest BCUT2D eigenvalue weighted by Crippen LogP contribution is -2.51. The van der Waals surface area contributed by atoms with Crippen molar-refractivity contribution in [1.29, 1.82) is 0 Å². The van der Waals surface area contributed by atoms with Gasteiger partial charge >= 0.3 is 18.0 Å². The van der Waals surface area contributed by atoms with E-state index in [1.165, 1.54) is 11.8 Å². The highest BCUT2D eigenvalue weighted by molar-refractivity contribution is 6.03. The van der Waals surface area contributed by atoms with E-state index in [0.29, 0.717) is 11.3 Å². The molecule has 0 fully saturated rings. The number of hydrogen-bond donors (Lipinski definition) is 1. The standard InChI is InChI=1S/C23H32N2O7/c1-14(26)30-18-12-16(24-21(29)32-23(5,6)7)20(28)25(13-19(27)31-22(2,3)4)17-11-9-8-10-15(17)18/h8-11,16,18H,12-13H2,1-7H3,(H,24,29)/t16-,18+/m0/s1. The molecular weight excluding hydrogens is 416 g/mol. The number of para-hydroxylation sites is 1. The van der Waals surface area contributed by atoms with E-state index < -0.39 is 47.3 Å². The number of rotatable bonds is 4. The number of fused-ring (bicyclic) bond motifs is 1. The van der Waals surface area contributed by atoms with Gasteiger partial charge in [0.2, 0.25) is 5.91 Å². The van der Waals surface area contributed by atoms with Gasteiger partial charge in [-0.3, -0.25) is 19.3 Å². The molecule has 2 atom stereocenters. The predicted molar refractivity (Wildman–Crippen MR) is 117 cm³/mol. The second kappa shape index (κ2) is 9.58. The third kappa shape index (κ3) is 7.25. The lowest BCUT2D eigenvalue weighted by atomic mass is 10.0. The molecule has 0 unspecified atom stereocenters. The van der Waals surface area contributed by atoms with Gasteiger partial charge in [0.1, 0.15) is 29.9 Å². The van der Waals surface area contributed by atoms with Crippen LogP contribution < -0.4 is 10.2 Å². The van der Waals surface area contributed by atoms with Crippen LogP contribution in [0.3, 0.4) is 0 Å². The van der Waals surface area contributed by atoms with Crippen LogP contribution in [0.1, 0.15) is 66.6 Å². The predicted octanol–water partition coefficient (Wildman–Crippen LogP) is 3.26. The van der Waals surface area contributed by atoms with Crippen LogP contribution in [0.15, 0.2) is 24.3 Å². The third-order valence-electron chi connectivity index (χ3n) is 4.29. The molecule has 1 aromatic rings. The van der Waals surface area contributed by atoms with Gasteiger partial charge in [-0.25, -0.2) is 4.79 Å². The number of ether oxygens (including phenoxy) is 3. The highest BCUT2D eigenvalue weighted by Gasteiger charge is 2.39. The SMILES string of the molecule is CC(=O)O[C@@H]1C[C@H](NC(=O)OC(C)(C)C)C(=O)N(CC(=O)OC(C)(C)C)c2ccccc21. The molecule has 9 heteroatoms. The van der Waals surface area contributed by atoms with E-state index in [2.05, 4.69) is 5.32 Å². The zero-order valence-electron chi connectivity index (χ0n) is 19.7. The van der Waals surface area contributed by atoms with E-state index in [1.54, 1.807) is 65.8 Å². The first kappa shape index (κ1) is 25.2. The van der Waals surface area contributed by atoms with Crippen molar-refractivity contribution in [2.45, 2.75) is 78.2 Å². The van der Waals surface area contributed by atoms with Crippen molar-refractivity contribution in [3.8, 4) is 0 Å². The maximum Gasteiger partial charge on any atom is 0.408 e. The van der Waals surface area contributed by atoms with Gasteiger partial charge in [0, 0.05) is 18.9 Å². The molecule has 9 nitrogen and oxygen atoms in total. The van der Waals surface area contributed by atoms with Crippen molar-refractivity contribution in [1.82, 2.24) is 5.32 Å². The lowest BCUT2D eigenvalue weighted by molar-refractivity contribution is -0.153. The fraction of sp³-hybridized carbons (Fsp3) is 0.565. The molecule has 32 heavy (non-hydrogen) atoms. The van der Waals surface area contributed by atoms with Gasteiger partial charge in [-0.1, -0.05) is 18.2 Å². The second-order valence-corrected chi connectivity index (χ2v) is 9.60. The van der Waals surface area contributed by atoms with Crippen LogP contribution in [0.25, 0.3) is 0 Å². The minimum absolute atomic E-state index is 0.0144. The van der Waals surface area contributed by atoms with Crippen molar-refractivity contribution >= 4 is 29.6 Å². The van der Waals surface area contributed by atoms with Gasteiger partial charge in [0.15, 0.2) is 0 Å². The van der Waals surface area contributed by atoms with Crippen molar-refractivity contribution < 1.29 is 33.4 Å². The van der Waals surface area contributed by atoms with Crippen molar-refractivity contribution in [2.24, 2.45) is 0 Å². The topological polar surface area (TPSA) is 111 Å². The maximum absolute atomic E-state index is 13.4. The number of alkyl carbamates (subject to hydrolysis) is 1. The smallest absolute Gasteiger partial charge is 0.408 e. The van der Waals surface area contributed by atoms with Gasteiger partial charge in [-0.05, 0) is 47.6 Å². The monoisotopic (exact) mass is 448 g/mol. The molecule has 1 heterocycles. The molecule has 0 saturated carbocycles. The molecule has 0 radical (unpaired) electrons. The van der Waals surface area contributed by atoms with Gasteiger partial charge in [-0.15, -0.1) is 0 Å². The van der Waals surface area contributed by atoms with Crippen LogP contribution in [0.5, 0.6) is 0 Å².